The molecule has 1 unspecified atom stereocenters. The number of aryl methyl sites for hydroxylation is 1. The van der Waals surface area contributed by atoms with Gasteiger partial charge in [0.2, 0.25) is 11.7 Å². The van der Waals surface area contributed by atoms with Gasteiger partial charge in [-0.05, 0) is 26.0 Å². The Bertz CT molecular complexity index is 1260. The second-order valence-electron chi connectivity index (χ2n) is 8.52. The van der Waals surface area contributed by atoms with Crippen LogP contribution in [0.4, 0.5) is 0 Å². The van der Waals surface area contributed by atoms with Gasteiger partial charge >= 0.3 is 0 Å². The summed E-state index contributed by atoms with van der Waals surface area (Å²) in [5.74, 6) is 1.22. The number of pyridine rings is 1. The van der Waals surface area contributed by atoms with Gasteiger partial charge in [0.05, 0.1) is 23.0 Å². The van der Waals surface area contributed by atoms with Crippen molar-refractivity contribution >= 4 is 5.91 Å². The summed E-state index contributed by atoms with van der Waals surface area (Å²) in [7, 11) is 0. The van der Waals surface area contributed by atoms with Crippen molar-refractivity contribution in [2.24, 2.45) is 0 Å². The largest absolute Gasteiger partial charge is 0.337 e. The van der Waals surface area contributed by atoms with E-state index in [4.69, 9.17) is 4.52 Å². The van der Waals surface area contributed by atoms with Crippen molar-refractivity contribution in [3.8, 4) is 22.6 Å². The summed E-state index contributed by atoms with van der Waals surface area (Å²) < 4.78 is 5.55. The molecule has 0 saturated carbocycles. The van der Waals surface area contributed by atoms with Crippen LogP contribution < -0.4 is 0 Å². The number of amides is 1. The monoisotopic (exact) mass is 453 g/mol. The summed E-state index contributed by atoms with van der Waals surface area (Å²) in [5.41, 5.74) is 4.26. The molecule has 1 saturated heterocycles. The molecule has 5 rings (SSSR count). The minimum absolute atomic E-state index is 0.0178. The van der Waals surface area contributed by atoms with Gasteiger partial charge in [-0.15, -0.1) is 0 Å². The molecule has 0 aliphatic carbocycles. The fourth-order valence-electron chi connectivity index (χ4n) is 4.30. The van der Waals surface area contributed by atoms with Crippen LogP contribution in [0.2, 0.25) is 0 Å². The third kappa shape index (κ3) is 4.47. The standard InChI is InChI=1S/C27H27N5O2/c1-19-23(13-14-24(28-19)21-9-5-3-6-10-21)27(33)32-17-15-31(16-18-32)20(2)26-29-25(30-34-26)22-11-7-4-8-12-22/h3-14,20H,15-18H2,1-2H3. The quantitative estimate of drug-likeness (QED) is 0.439. The van der Waals surface area contributed by atoms with E-state index >= 15 is 0 Å². The predicted molar refractivity (Wildman–Crippen MR) is 130 cm³/mol. The SMILES string of the molecule is Cc1nc(-c2ccccc2)ccc1C(=O)N1CCN(C(C)c2nc(-c3ccccc3)no2)CC1. The van der Waals surface area contributed by atoms with Crippen LogP contribution in [0.1, 0.15) is 34.9 Å². The number of hydrogen-bond donors (Lipinski definition) is 0. The Hall–Kier alpha value is -3.84. The Morgan fingerprint density at radius 2 is 1.50 bits per heavy atom. The van der Waals surface area contributed by atoms with Crippen LogP contribution in [0.25, 0.3) is 22.6 Å². The molecule has 1 amide bonds. The van der Waals surface area contributed by atoms with Crippen molar-refractivity contribution in [3.63, 3.8) is 0 Å². The average Bonchev–Trinajstić information content (AvgIpc) is 3.39. The van der Waals surface area contributed by atoms with Gasteiger partial charge in [0.15, 0.2) is 0 Å². The van der Waals surface area contributed by atoms with Crippen molar-refractivity contribution in [2.45, 2.75) is 19.9 Å². The van der Waals surface area contributed by atoms with E-state index < -0.39 is 0 Å². The third-order valence-electron chi connectivity index (χ3n) is 6.37. The van der Waals surface area contributed by atoms with Gasteiger partial charge in [-0.25, -0.2) is 0 Å². The number of aromatic nitrogens is 3. The van der Waals surface area contributed by atoms with E-state index in [9.17, 15) is 4.79 Å². The molecule has 0 N–H and O–H groups in total. The summed E-state index contributed by atoms with van der Waals surface area (Å²) in [6.45, 7) is 6.73. The van der Waals surface area contributed by atoms with Crippen molar-refractivity contribution in [3.05, 3.63) is 89.9 Å². The molecule has 2 aromatic heterocycles. The fraction of sp³-hybridized carbons (Fsp3) is 0.259. The first-order chi connectivity index (χ1) is 16.6. The third-order valence-corrected chi connectivity index (χ3v) is 6.37. The number of rotatable bonds is 5. The highest BCUT2D eigenvalue weighted by molar-refractivity contribution is 5.95. The summed E-state index contributed by atoms with van der Waals surface area (Å²) in [4.78, 5) is 26.7. The molecule has 7 heteroatoms. The number of hydrogen-bond acceptors (Lipinski definition) is 6. The van der Waals surface area contributed by atoms with Crippen molar-refractivity contribution in [2.75, 3.05) is 26.2 Å². The molecule has 0 bridgehead atoms. The van der Waals surface area contributed by atoms with Crippen LogP contribution in [0.3, 0.4) is 0 Å². The van der Waals surface area contributed by atoms with Gasteiger partial charge < -0.3 is 9.42 Å². The van der Waals surface area contributed by atoms with Gasteiger partial charge in [0.25, 0.3) is 5.91 Å². The molecule has 0 radical (unpaired) electrons. The van der Waals surface area contributed by atoms with Crippen LogP contribution >= 0.6 is 0 Å². The van der Waals surface area contributed by atoms with Crippen LogP contribution in [0, 0.1) is 6.92 Å². The molecule has 7 nitrogen and oxygen atoms in total. The normalized spacial score (nSPS) is 15.3. The molecule has 34 heavy (non-hydrogen) atoms. The highest BCUT2D eigenvalue weighted by Gasteiger charge is 2.29. The summed E-state index contributed by atoms with van der Waals surface area (Å²) in [6.07, 6.45) is 0. The van der Waals surface area contributed by atoms with E-state index in [1.54, 1.807) is 0 Å². The second-order valence-corrected chi connectivity index (χ2v) is 8.52. The van der Waals surface area contributed by atoms with Gasteiger partial charge in [0, 0.05) is 37.3 Å². The number of carbonyl (C=O) groups excluding carboxylic acids is 1. The lowest BCUT2D eigenvalue weighted by atomic mass is 10.1. The zero-order valence-electron chi connectivity index (χ0n) is 19.4. The van der Waals surface area contributed by atoms with E-state index in [1.807, 2.05) is 84.6 Å². The fourth-order valence-corrected chi connectivity index (χ4v) is 4.30. The highest BCUT2D eigenvalue weighted by atomic mass is 16.5. The van der Waals surface area contributed by atoms with E-state index in [0.29, 0.717) is 30.4 Å². The van der Waals surface area contributed by atoms with Crippen LogP contribution in [-0.4, -0.2) is 57.0 Å². The predicted octanol–water partition coefficient (Wildman–Crippen LogP) is 4.63. The minimum Gasteiger partial charge on any atom is -0.337 e. The maximum Gasteiger partial charge on any atom is 0.255 e. The Morgan fingerprint density at radius 3 is 2.15 bits per heavy atom. The Morgan fingerprint density at radius 1 is 0.853 bits per heavy atom. The number of nitrogens with zero attached hydrogens (tertiary/aromatic N) is 5. The lowest BCUT2D eigenvalue weighted by Gasteiger charge is -2.37. The number of piperazine rings is 1. The Balaban J connectivity index is 1.22. The molecule has 2 aromatic carbocycles. The van der Waals surface area contributed by atoms with E-state index in [2.05, 4.69) is 26.9 Å². The first-order valence-corrected chi connectivity index (χ1v) is 11.6. The molecule has 1 aliphatic rings. The lowest BCUT2D eigenvalue weighted by molar-refractivity contribution is 0.0550. The number of carbonyl (C=O) groups is 1. The van der Waals surface area contributed by atoms with Crippen LogP contribution in [0.15, 0.2) is 77.3 Å². The second kappa shape index (κ2) is 9.57. The zero-order valence-corrected chi connectivity index (χ0v) is 19.4. The molecule has 1 atom stereocenters. The lowest BCUT2D eigenvalue weighted by Crippen LogP contribution is -2.49. The van der Waals surface area contributed by atoms with Crippen molar-refractivity contribution < 1.29 is 9.32 Å². The summed E-state index contributed by atoms with van der Waals surface area (Å²) in [6, 6.07) is 23.6. The average molecular weight is 454 g/mol. The van der Waals surface area contributed by atoms with Crippen LogP contribution in [-0.2, 0) is 0 Å². The molecule has 1 aliphatic heterocycles. The molecule has 0 spiro atoms. The Labute approximate surface area is 199 Å². The van der Waals surface area contributed by atoms with Gasteiger partial charge in [-0.2, -0.15) is 4.98 Å². The smallest absolute Gasteiger partial charge is 0.255 e. The minimum atomic E-state index is -0.0178. The maximum absolute atomic E-state index is 13.2. The topological polar surface area (TPSA) is 75.4 Å². The van der Waals surface area contributed by atoms with Crippen molar-refractivity contribution in [1.82, 2.24) is 24.9 Å². The molecular weight excluding hydrogens is 426 g/mol. The van der Waals surface area contributed by atoms with Crippen LogP contribution in [0.5, 0.6) is 0 Å². The number of benzene rings is 2. The van der Waals surface area contributed by atoms with Gasteiger partial charge in [-0.1, -0.05) is 65.8 Å². The first kappa shape index (κ1) is 22.0. The first-order valence-electron chi connectivity index (χ1n) is 11.6. The maximum atomic E-state index is 13.2. The molecule has 3 heterocycles. The van der Waals surface area contributed by atoms with Gasteiger partial charge in [0.1, 0.15) is 0 Å². The Kier molecular flexibility index (Phi) is 6.18. The zero-order chi connectivity index (χ0) is 23.5. The summed E-state index contributed by atoms with van der Waals surface area (Å²) in [5, 5.41) is 4.14. The molecule has 1 fully saturated rings. The van der Waals surface area contributed by atoms with E-state index in [1.165, 1.54) is 0 Å². The summed E-state index contributed by atoms with van der Waals surface area (Å²) >= 11 is 0. The van der Waals surface area contributed by atoms with Gasteiger partial charge in [-0.3, -0.25) is 14.7 Å². The highest BCUT2D eigenvalue weighted by Crippen LogP contribution is 2.24. The molecule has 4 aromatic rings. The van der Waals surface area contributed by atoms with E-state index in [0.717, 1.165) is 35.6 Å². The van der Waals surface area contributed by atoms with E-state index in [-0.39, 0.29) is 11.9 Å². The molecule has 172 valence electrons. The molecular formula is C27H27N5O2. The van der Waals surface area contributed by atoms with Crippen molar-refractivity contribution in [1.29, 1.82) is 0 Å².